The van der Waals surface area contributed by atoms with Crippen molar-refractivity contribution >= 4 is 15.4 Å². The Morgan fingerprint density at radius 2 is 1.52 bits per heavy atom. The van der Waals surface area contributed by atoms with Gasteiger partial charge < -0.3 is 0 Å². The number of hydrogen-bond donors (Lipinski definition) is 0. The molecule has 2 rings (SSSR count). The van der Waals surface area contributed by atoms with Gasteiger partial charge in [0.15, 0.2) is 9.84 Å². The summed E-state index contributed by atoms with van der Waals surface area (Å²) in [4.78, 5) is 10.3. The third-order valence-electron chi connectivity index (χ3n) is 2.85. The molecule has 0 unspecified atom stereocenters. The van der Waals surface area contributed by atoms with Gasteiger partial charge in [-0.15, -0.1) is 0 Å². The molecular formula is C15H13NO4S. The summed E-state index contributed by atoms with van der Waals surface area (Å²) < 4.78 is 24.7. The topological polar surface area (TPSA) is 77.3 Å². The van der Waals surface area contributed by atoms with Crippen LogP contribution in [0.5, 0.6) is 0 Å². The van der Waals surface area contributed by atoms with E-state index in [0.717, 1.165) is 6.20 Å². The minimum absolute atomic E-state index is 0.148. The summed E-state index contributed by atoms with van der Waals surface area (Å²) in [5.74, 6) is -0.415. The molecule has 0 spiro atoms. The minimum Gasteiger partial charge on any atom is -0.259 e. The van der Waals surface area contributed by atoms with Crippen LogP contribution in [-0.2, 0) is 9.84 Å². The molecule has 0 aliphatic carbocycles. The number of nitro groups is 1. The van der Waals surface area contributed by atoms with Gasteiger partial charge in [0.25, 0.3) is 0 Å². The highest BCUT2D eigenvalue weighted by Crippen LogP contribution is 2.20. The number of sulfone groups is 1. The van der Waals surface area contributed by atoms with Gasteiger partial charge in [-0.25, -0.2) is 8.42 Å². The smallest absolute Gasteiger partial charge is 0.239 e. The zero-order chi connectivity index (χ0) is 15.3. The summed E-state index contributed by atoms with van der Waals surface area (Å²) in [6.07, 6.45) is 0.746. The Kier molecular flexibility index (Phi) is 4.49. The number of hydrogen-bond acceptors (Lipinski definition) is 4. The largest absolute Gasteiger partial charge is 0.259 e. The molecule has 0 radical (unpaired) electrons. The summed E-state index contributed by atoms with van der Waals surface area (Å²) in [7, 11) is -3.63. The van der Waals surface area contributed by atoms with Crippen molar-refractivity contribution in [2.75, 3.05) is 5.75 Å². The molecule has 0 aliphatic heterocycles. The second-order valence-electron chi connectivity index (χ2n) is 4.38. The first-order valence-corrected chi connectivity index (χ1v) is 7.82. The van der Waals surface area contributed by atoms with E-state index in [1.165, 1.54) is 12.1 Å². The summed E-state index contributed by atoms with van der Waals surface area (Å²) in [6.45, 7) is 0. The SMILES string of the molecule is O=[N+]([O-])C=C(CS(=O)(=O)c1ccccc1)c1ccccc1. The molecule has 0 aromatic heterocycles. The van der Waals surface area contributed by atoms with E-state index in [0.29, 0.717) is 5.56 Å². The van der Waals surface area contributed by atoms with Crippen molar-refractivity contribution in [3.05, 3.63) is 82.5 Å². The Morgan fingerprint density at radius 3 is 2.05 bits per heavy atom. The Labute approximate surface area is 122 Å². The average Bonchev–Trinajstić information content (AvgIpc) is 2.48. The van der Waals surface area contributed by atoms with Crippen LogP contribution in [0.25, 0.3) is 5.57 Å². The molecule has 0 fully saturated rings. The minimum atomic E-state index is -3.63. The summed E-state index contributed by atoms with van der Waals surface area (Å²) in [5, 5.41) is 10.7. The molecule has 0 atom stereocenters. The van der Waals surface area contributed by atoms with Gasteiger partial charge in [-0.05, 0) is 17.7 Å². The second-order valence-corrected chi connectivity index (χ2v) is 6.37. The van der Waals surface area contributed by atoms with Crippen LogP contribution < -0.4 is 0 Å². The predicted molar refractivity (Wildman–Crippen MR) is 79.9 cm³/mol. The van der Waals surface area contributed by atoms with E-state index in [9.17, 15) is 18.5 Å². The van der Waals surface area contributed by atoms with Crippen LogP contribution in [0.15, 0.2) is 71.8 Å². The molecule has 0 heterocycles. The van der Waals surface area contributed by atoms with E-state index < -0.39 is 20.5 Å². The number of rotatable bonds is 5. The van der Waals surface area contributed by atoms with E-state index in [4.69, 9.17) is 0 Å². The maximum atomic E-state index is 12.3. The first-order chi connectivity index (χ1) is 9.99. The van der Waals surface area contributed by atoms with Gasteiger partial charge in [-0.3, -0.25) is 10.1 Å². The Bertz CT molecular complexity index is 753. The second kappa shape index (κ2) is 6.32. The van der Waals surface area contributed by atoms with E-state index in [1.54, 1.807) is 48.5 Å². The van der Waals surface area contributed by atoms with Gasteiger partial charge in [0, 0.05) is 5.57 Å². The lowest BCUT2D eigenvalue weighted by Gasteiger charge is -2.07. The summed E-state index contributed by atoms with van der Waals surface area (Å²) >= 11 is 0. The van der Waals surface area contributed by atoms with Crippen molar-refractivity contribution in [1.82, 2.24) is 0 Å². The van der Waals surface area contributed by atoms with E-state index >= 15 is 0 Å². The van der Waals surface area contributed by atoms with Crippen molar-refractivity contribution in [3.63, 3.8) is 0 Å². The van der Waals surface area contributed by atoms with Crippen LogP contribution in [-0.4, -0.2) is 19.1 Å². The van der Waals surface area contributed by atoms with Crippen molar-refractivity contribution in [2.45, 2.75) is 4.90 Å². The third-order valence-corrected chi connectivity index (χ3v) is 4.54. The monoisotopic (exact) mass is 303 g/mol. The Morgan fingerprint density at radius 1 is 1.00 bits per heavy atom. The summed E-state index contributed by atoms with van der Waals surface area (Å²) in [6, 6.07) is 16.4. The highest BCUT2D eigenvalue weighted by atomic mass is 32.2. The third kappa shape index (κ3) is 4.00. The van der Waals surface area contributed by atoms with Gasteiger partial charge in [-0.1, -0.05) is 48.5 Å². The zero-order valence-corrected chi connectivity index (χ0v) is 11.9. The molecule has 0 N–H and O–H groups in total. The van der Waals surface area contributed by atoms with Gasteiger partial charge >= 0.3 is 0 Å². The van der Waals surface area contributed by atoms with Crippen molar-refractivity contribution in [2.24, 2.45) is 0 Å². The van der Waals surface area contributed by atoms with Crippen molar-refractivity contribution < 1.29 is 13.3 Å². The van der Waals surface area contributed by atoms with Crippen molar-refractivity contribution in [1.29, 1.82) is 0 Å². The molecule has 2 aromatic rings. The fourth-order valence-corrected chi connectivity index (χ4v) is 3.28. The molecule has 0 bridgehead atoms. The lowest BCUT2D eigenvalue weighted by atomic mass is 10.1. The standard InChI is InChI=1S/C15H13NO4S/c17-16(18)11-14(13-7-3-1-4-8-13)12-21(19,20)15-9-5-2-6-10-15/h1-11H,12H2. The molecule has 0 saturated heterocycles. The van der Waals surface area contributed by atoms with Crippen LogP contribution in [0.3, 0.4) is 0 Å². The number of benzene rings is 2. The van der Waals surface area contributed by atoms with Crippen molar-refractivity contribution in [3.8, 4) is 0 Å². The highest BCUT2D eigenvalue weighted by Gasteiger charge is 2.19. The quantitative estimate of drug-likeness (QED) is 0.628. The normalized spacial score (nSPS) is 12.1. The van der Waals surface area contributed by atoms with Gasteiger partial charge in [0.05, 0.1) is 15.6 Å². The van der Waals surface area contributed by atoms with E-state index in [1.807, 2.05) is 0 Å². The fourth-order valence-electron chi connectivity index (χ4n) is 1.89. The fraction of sp³-hybridized carbons (Fsp3) is 0.0667. The highest BCUT2D eigenvalue weighted by molar-refractivity contribution is 7.91. The zero-order valence-electron chi connectivity index (χ0n) is 11.0. The maximum Gasteiger partial charge on any atom is 0.239 e. The van der Waals surface area contributed by atoms with Crippen LogP contribution in [0.4, 0.5) is 0 Å². The Balaban J connectivity index is 2.39. The molecule has 21 heavy (non-hydrogen) atoms. The molecule has 5 nitrogen and oxygen atoms in total. The molecule has 0 amide bonds. The molecule has 0 saturated carbocycles. The molecule has 6 heteroatoms. The van der Waals surface area contributed by atoms with Crippen LogP contribution in [0.1, 0.15) is 5.56 Å². The molecule has 2 aromatic carbocycles. The van der Waals surface area contributed by atoms with Crippen LogP contribution in [0, 0.1) is 10.1 Å². The van der Waals surface area contributed by atoms with Crippen LogP contribution >= 0.6 is 0 Å². The average molecular weight is 303 g/mol. The van der Waals surface area contributed by atoms with E-state index in [-0.39, 0.29) is 10.5 Å². The van der Waals surface area contributed by atoms with Gasteiger partial charge in [0.1, 0.15) is 0 Å². The van der Waals surface area contributed by atoms with Crippen LogP contribution in [0.2, 0.25) is 0 Å². The van der Waals surface area contributed by atoms with Gasteiger partial charge in [0.2, 0.25) is 6.20 Å². The Hall–Kier alpha value is -2.47. The molecule has 108 valence electrons. The van der Waals surface area contributed by atoms with E-state index in [2.05, 4.69) is 0 Å². The summed E-state index contributed by atoms with van der Waals surface area (Å²) in [5.41, 5.74) is 0.679. The maximum absolute atomic E-state index is 12.3. The first kappa shape index (κ1) is 14.9. The molecular weight excluding hydrogens is 290 g/mol. The lowest BCUT2D eigenvalue weighted by molar-refractivity contribution is -0.401. The molecule has 0 aliphatic rings. The number of nitrogens with zero attached hydrogens (tertiary/aromatic N) is 1. The first-order valence-electron chi connectivity index (χ1n) is 6.16. The predicted octanol–water partition coefficient (Wildman–Crippen LogP) is 2.78. The van der Waals surface area contributed by atoms with Gasteiger partial charge in [-0.2, -0.15) is 0 Å². The lowest BCUT2D eigenvalue weighted by Crippen LogP contribution is -2.09.